The van der Waals surface area contributed by atoms with Gasteiger partial charge in [-0.15, -0.1) is 0 Å². The number of hydrogen-bond donors (Lipinski definition) is 3. The van der Waals surface area contributed by atoms with Crippen molar-refractivity contribution < 1.29 is 4.79 Å². The average Bonchev–Trinajstić information content (AvgIpc) is 2.94. The Morgan fingerprint density at radius 2 is 2.10 bits per heavy atom. The van der Waals surface area contributed by atoms with Crippen LogP contribution >= 0.6 is 0 Å². The van der Waals surface area contributed by atoms with Crippen LogP contribution in [-0.4, -0.2) is 36.0 Å². The number of benzene rings is 1. The molecule has 1 aromatic rings. The minimum Gasteiger partial charge on any atom is -0.349 e. The Morgan fingerprint density at radius 3 is 2.95 bits per heavy atom. The lowest BCUT2D eigenvalue weighted by atomic mass is 9.97. The van der Waals surface area contributed by atoms with Crippen LogP contribution in [-0.2, 0) is 0 Å². The molecule has 2 unspecified atom stereocenters. The number of nitrogens with one attached hydrogen (secondary N) is 2. The third-order valence-corrected chi connectivity index (χ3v) is 4.48. The maximum absolute atomic E-state index is 12.4. The molecule has 0 radical (unpaired) electrons. The van der Waals surface area contributed by atoms with Gasteiger partial charge in [-0.3, -0.25) is 10.6 Å². The molecule has 0 saturated carbocycles. The largest absolute Gasteiger partial charge is 0.349 e. The van der Waals surface area contributed by atoms with E-state index < -0.39 is 0 Å². The fraction of sp³-hybridized carbons (Fsp3) is 0.533. The molecule has 2 aliphatic rings. The minimum atomic E-state index is -0.0324. The molecule has 0 aliphatic carbocycles. The van der Waals surface area contributed by atoms with Gasteiger partial charge < -0.3 is 15.6 Å². The van der Waals surface area contributed by atoms with E-state index in [0.717, 1.165) is 19.4 Å². The van der Waals surface area contributed by atoms with Gasteiger partial charge in [0.1, 0.15) is 0 Å². The summed E-state index contributed by atoms with van der Waals surface area (Å²) in [7, 11) is 0. The minimum absolute atomic E-state index is 0.0324. The lowest BCUT2D eigenvalue weighted by molar-refractivity contribution is 0.0897. The van der Waals surface area contributed by atoms with Crippen molar-refractivity contribution in [3.8, 4) is 0 Å². The standard InChI is InChI=1S/C15H22N4O/c16-18-14-6-2-1-5-13(14)15(20)17-11-7-9-19-8-3-4-12(19)10-11/h1-2,5-6,11-12,18H,3-4,7-10,16H2,(H,17,20). The Kier molecular flexibility index (Phi) is 3.89. The molecule has 0 spiro atoms. The number of nitrogens with two attached hydrogens (primary N) is 1. The summed E-state index contributed by atoms with van der Waals surface area (Å²) in [5, 5.41) is 3.16. The van der Waals surface area contributed by atoms with E-state index >= 15 is 0 Å². The van der Waals surface area contributed by atoms with E-state index in [1.165, 1.54) is 19.4 Å². The molecule has 20 heavy (non-hydrogen) atoms. The summed E-state index contributed by atoms with van der Waals surface area (Å²) < 4.78 is 0. The zero-order valence-electron chi connectivity index (χ0n) is 11.6. The molecule has 2 aliphatic heterocycles. The summed E-state index contributed by atoms with van der Waals surface area (Å²) in [6, 6.07) is 8.28. The number of rotatable bonds is 3. The molecule has 2 heterocycles. The second-order valence-corrected chi connectivity index (χ2v) is 5.72. The monoisotopic (exact) mass is 274 g/mol. The van der Waals surface area contributed by atoms with Crippen LogP contribution in [0.25, 0.3) is 0 Å². The molecule has 0 bridgehead atoms. The van der Waals surface area contributed by atoms with Crippen LogP contribution in [0.15, 0.2) is 24.3 Å². The summed E-state index contributed by atoms with van der Waals surface area (Å²) in [4.78, 5) is 14.9. The van der Waals surface area contributed by atoms with Crippen LogP contribution in [0.2, 0.25) is 0 Å². The van der Waals surface area contributed by atoms with Gasteiger partial charge in [-0.1, -0.05) is 12.1 Å². The van der Waals surface area contributed by atoms with E-state index in [2.05, 4.69) is 15.6 Å². The highest BCUT2D eigenvalue weighted by Gasteiger charge is 2.32. The zero-order chi connectivity index (χ0) is 13.9. The maximum Gasteiger partial charge on any atom is 0.253 e. The fourth-order valence-electron chi connectivity index (χ4n) is 3.43. The van der Waals surface area contributed by atoms with Crippen molar-refractivity contribution in [2.45, 2.75) is 37.8 Å². The van der Waals surface area contributed by atoms with Crippen molar-refractivity contribution in [2.75, 3.05) is 18.5 Å². The van der Waals surface area contributed by atoms with Gasteiger partial charge in [0.15, 0.2) is 0 Å². The number of nitrogen functional groups attached to an aromatic ring is 1. The molecule has 2 saturated heterocycles. The predicted molar refractivity (Wildman–Crippen MR) is 79.3 cm³/mol. The lowest BCUT2D eigenvalue weighted by Crippen LogP contribution is -2.47. The first-order chi connectivity index (χ1) is 9.78. The lowest BCUT2D eigenvalue weighted by Gasteiger charge is -2.35. The molecular formula is C15H22N4O. The van der Waals surface area contributed by atoms with Crippen molar-refractivity contribution in [3.63, 3.8) is 0 Å². The number of fused-ring (bicyclic) bond motifs is 1. The number of para-hydroxylation sites is 1. The van der Waals surface area contributed by atoms with E-state index in [-0.39, 0.29) is 11.9 Å². The van der Waals surface area contributed by atoms with Crippen LogP contribution in [0, 0.1) is 0 Å². The number of carbonyl (C=O) groups excluding carboxylic acids is 1. The smallest absolute Gasteiger partial charge is 0.253 e. The summed E-state index contributed by atoms with van der Waals surface area (Å²) in [6.45, 7) is 2.33. The van der Waals surface area contributed by atoms with E-state index in [1.54, 1.807) is 6.07 Å². The van der Waals surface area contributed by atoms with E-state index in [0.29, 0.717) is 17.3 Å². The molecule has 5 heteroatoms. The molecule has 5 nitrogen and oxygen atoms in total. The Labute approximate surface area is 119 Å². The first-order valence-electron chi connectivity index (χ1n) is 7.38. The van der Waals surface area contributed by atoms with Crippen molar-refractivity contribution >= 4 is 11.6 Å². The molecule has 2 fully saturated rings. The van der Waals surface area contributed by atoms with E-state index in [1.807, 2.05) is 18.2 Å². The van der Waals surface area contributed by atoms with Gasteiger partial charge in [-0.2, -0.15) is 0 Å². The van der Waals surface area contributed by atoms with E-state index in [9.17, 15) is 4.79 Å². The Balaban J connectivity index is 1.64. The van der Waals surface area contributed by atoms with Crippen LogP contribution in [0.3, 0.4) is 0 Å². The molecule has 0 aromatic heterocycles. The van der Waals surface area contributed by atoms with Gasteiger partial charge in [0.05, 0.1) is 11.3 Å². The van der Waals surface area contributed by atoms with Gasteiger partial charge in [-0.25, -0.2) is 0 Å². The highest BCUT2D eigenvalue weighted by atomic mass is 16.1. The highest BCUT2D eigenvalue weighted by Crippen LogP contribution is 2.27. The van der Waals surface area contributed by atoms with Crippen LogP contribution in [0.1, 0.15) is 36.0 Å². The van der Waals surface area contributed by atoms with Gasteiger partial charge in [0.25, 0.3) is 5.91 Å². The van der Waals surface area contributed by atoms with E-state index in [4.69, 9.17) is 5.84 Å². The summed E-state index contributed by atoms with van der Waals surface area (Å²) in [6.07, 6.45) is 4.68. The normalized spacial score (nSPS) is 26.1. The Hall–Kier alpha value is -1.59. The summed E-state index contributed by atoms with van der Waals surface area (Å²) >= 11 is 0. The van der Waals surface area contributed by atoms with Gasteiger partial charge in [0.2, 0.25) is 0 Å². The third kappa shape index (κ3) is 2.64. The maximum atomic E-state index is 12.4. The molecule has 2 atom stereocenters. The van der Waals surface area contributed by atoms with Crippen LogP contribution < -0.4 is 16.6 Å². The van der Waals surface area contributed by atoms with Crippen molar-refractivity contribution in [2.24, 2.45) is 5.84 Å². The molecule has 1 aromatic carbocycles. The Morgan fingerprint density at radius 1 is 1.25 bits per heavy atom. The van der Waals surface area contributed by atoms with Crippen molar-refractivity contribution in [3.05, 3.63) is 29.8 Å². The summed E-state index contributed by atoms with van der Waals surface area (Å²) in [5.41, 5.74) is 3.87. The van der Waals surface area contributed by atoms with Crippen LogP contribution in [0.4, 0.5) is 5.69 Å². The predicted octanol–water partition coefficient (Wildman–Crippen LogP) is 1.33. The first kappa shape index (κ1) is 13.4. The topological polar surface area (TPSA) is 70.4 Å². The van der Waals surface area contributed by atoms with Crippen molar-refractivity contribution in [1.82, 2.24) is 10.2 Å². The number of anilines is 1. The van der Waals surface area contributed by atoms with Crippen LogP contribution in [0.5, 0.6) is 0 Å². The molecule has 4 N–H and O–H groups in total. The van der Waals surface area contributed by atoms with Gasteiger partial charge in [-0.05, 0) is 44.4 Å². The molecule has 3 rings (SSSR count). The molecule has 108 valence electrons. The number of nitrogens with zero attached hydrogens (tertiary/aromatic N) is 1. The SMILES string of the molecule is NNc1ccccc1C(=O)NC1CCN2CCCC2C1. The second kappa shape index (κ2) is 5.81. The van der Waals surface area contributed by atoms with Crippen molar-refractivity contribution in [1.29, 1.82) is 0 Å². The molecular weight excluding hydrogens is 252 g/mol. The number of amides is 1. The number of carbonyl (C=O) groups is 1. The third-order valence-electron chi connectivity index (χ3n) is 4.48. The average molecular weight is 274 g/mol. The molecule has 1 amide bonds. The van der Waals surface area contributed by atoms with Gasteiger partial charge in [0, 0.05) is 18.6 Å². The quantitative estimate of drug-likeness (QED) is 0.574. The second-order valence-electron chi connectivity index (χ2n) is 5.72. The summed E-state index contributed by atoms with van der Waals surface area (Å²) in [5.74, 6) is 5.42. The number of hydrogen-bond acceptors (Lipinski definition) is 4. The fourth-order valence-corrected chi connectivity index (χ4v) is 3.43. The first-order valence-corrected chi connectivity index (χ1v) is 7.38. The highest BCUT2D eigenvalue weighted by molar-refractivity contribution is 5.99. The Bertz CT molecular complexity index is 491. The number of piperidine rings is 1. The zero-order valence-corrected chi connectivity index (χ0v) is 11.6. The van der Waals surface area contributed by atoms with Gasteiger partial charge >= 0.3 is 0 Å². The number of hydrazine groups is 1.